The molecular formula is C42H80O12S. The SMILES string of the molecule is CCCCCCCC/C=C\CCCCCCCCCCOCC(COC1OC(CO)C(O)C(OS(=O)(=O)O)C1O)OC(=O)CCCCCCCCCCCC. The van der Waals surface area contributed by atoms with Gasteiger partial charge in [-0.25, -0.2) is 4.18 Å². The molecule has 1 heterocycles. The van der Waals surface area contributed by atoms with Crippen LogP contribution in [0.5, 0.6) is 0 Å². The molecule has 6 atom stereocenters. The van der Waals surface area contributed by atoms with E-state index in [-0.39, 0.29) is 19.6 Å². The Morgan fingerprint density at radius 1 is 0.673 bits per heavy atom. The minimum absolute atomic E-state index is 0.0387. The normalized spacial score (nSPS) is 21.0. The van der Waals surface area contributed by atoms with Crippen molar-refractivity contribution in [1.82, 2.24) is 0 Å². The number of hydrogen-bond acceptors (Lipinski definition) is 11. The van der Waals surface area contributed by atoms with E-state index in [9.17, 15) is 28.5 Å². The molecule has 12 nitrogen and oxygen atoms in total. The molecule has 0 aromatic carbocycles. The van der Waals surface area contributed by atoms with Crippen molar-refractivity contribution in [2.75, 3.05) is 26.4 Å². The predicted molar refractivity (Wildman–Crippen MR) is 216 cm³/mol. The first-order valence-corrected chi connectivity index (χ1v) is 23.3. The highest BCUT2D eigenvalue weighted by molar-refractivity contribution is 7.80. The minimum atomic E-state index is -5.05. The summed E-state index contributed by atoms with van der Waals surface area (Å²) < 4.78 is 58.9. The number of allylic oxidation sites excluding steroid dienone is 2. The van der Waals surface area contributed by atoms with Crippen LogP contribution in [0, 0.1) is 0 Å². The first-order chi connectivity index (χ1) is 26.6. The number of aliphatic hydroxyl groups excluding tert-OH is 3. The van der Waals surface area contributed by atoms with Crippen LogP contribution in [0.1, 0.15) is 187 Å². The lowest BCUT2D eigenvalue weighted by Crippen LogP contribution is -2.60. The van der Waals surface area contributed by atoms with E-state index in [0.29, 0.717) is 13.0 Å². The first-order valence-electron chi connectivity index (χ1n) is 21.9. The van der Waals surface area contributed by atoms with Crippen molar-refractivity contribution in [2.45, 2.75) is 224 Å². The lowest BCUT2D eigenvalue weighted by molar-refractivity contribution is -0.301. The van der Waals surface area contributed by atoms with Gasteiger partial charge in [-0.05, 0) is 38.5 Å². The van der Waals surface area contributed by atoms with Crippen molar-refractivity contribution in [2.24, 2.45) is 0 Å². The van der Waals surface area contributed by atoms with Crippen molar-refractivity contribution in [3.05, 3.63) is 12.2 Å². The van der Waals surface area contributed by atoms with Crippen LogP contribution in [0.3, 0.4) is 0 Å². The van der Waals surface area contributed by atoms with Gasteiger partial charge in [0, 0.05) is 13.0 Å². The molecule has 0 radical (unpaired) electrons. The highest BCUT2D eigenvalue weighted by atomic mass is 32.3. The second-order valence-corrected chi connectivity index (χ2v) is 16.3. The topological polar surface area (TPSA) is 178 Å². The van der Waals surface area contributed by atoms with Crippen LogP contribution in [0.2, 0.25) is 0 Å². The molecule has 6 unspecified atom stereocenters. The molecule has 0 amide bonds. The third-order valence-corrected chi connectivity index (χ3v) is 10.6. The van der Waals surface area contributed by atoms with Crippen LogP contribution in [0.15, 0.2) is 12.2 Å². The molecule has 1 aliphatic rings. The fourth-order valence-corrected chi connectivity index (χ4v) is 7.29. The Balaban J connectivity index is 2.40. The Morgan fingerprint density at radius 3 is 1.64 bits per heavy atom. The molecule has 0 aromatic rings. The Labute approximate surface area is 334 Å². The second kappa shape index (κ2) is 34.8. The number of ether oxygens (including phenoxy) is 4. The summed E-state index contributed by atoms with van der Waals surface area (Å²) in [6, 6.07) is 0. The van der Waals surface area contributed by atoms with E-state index in [4.69, 9.17) is 23.5 Å². The zero-order chi connectivity index (χ0) is 40.4. The molecule has 55 heavy (non-hydrogen) atoms. The highest BCUT2D eigenvalue weighted by Gasteiger charge is 2.48. The molecule has 0 aliphatic carbocycles. The summed E-state index contributed by atoms with van der Waals surface area (Å²) >= 11 is 0. The summed E-state index contributed by atoms with van der Waals surface area (Å²) in [6.07, 6.45) is 26.8. The van der Waals surface area contributed by atoms with E-state index in [2.05, 4.69) is 30.2 Å². The van der Waals surface area contributed by atoms with Gasteiger partial charge in [0.15, 0.2) is 6.29 Å². The average Bonchev–Trinajstić information content (AvgIpc) is 3.15. The third-order valence-electron chi connectivity index (χ3n) is 10.1. The van der Waals surface area contributed by atoms with Crippen LogP contribution in [-0.4, -0.2) is 97.5 Å². The van der Waals surface area contributed by atoms with Gasteiger partial charge in [-0.15, -0.1) is 0 Å². The quantitative estimate of drug-likeness (QED) is 0.0202. The fourth-order valence-electron chi connectivity index (χ4n) is 6.78. The molecule has 0 saturated carbocycles. The van der Waals surface area contributed by atoms with Gasteiger partial charge in [0.05, 0.1) is 19.8 Å². The predicted octanol–water partition coefficient (Wildman–Crippen LogP) is 8.69. The van der Waals surface area contributed by atoms with E-state index in [1.54, 1.807) is 0 Å². The summed E-state index contributed by atoms with van der Waals surface area (Å²) in [5, 5.41) is 30.6. The number of hydrogen-bond donors (Lipinski definition) is 4. The first kappa shape index (κ1) is 51.9. The summed E-state index contributed by atoms with van der Waals surface area (Å²) in [6.45, 7) is 3.97. The van der Waals surface area contributed by atoms with Crippen LogP contribution in [0.25, 0.3) is 0 Å². The molecule has 1 fully saturated rings. The minimum Gasteiger partial charge on any atom is -0.457 e. The van der Waals surface area contributed by atoms with E-state index in [1.165, 1.54) is 122 Å². The lowest BCUT2D eigenvalue weighted by Gasteiger charge is -2.41. The Morgan fingerprint density at radius 2 is 1.15 bits per heavy atom. The van der Waals surface area contributed by atoms with E-state index >= 15 is 0 Å². The maximum absolute atomic E-state index is 12.8. The van der Waals surface area contributed by atoms with Gasteiger partial charge < -0.3 is 34.3 Å². The highest BCUT2D eigenvalue weighted by Crippen LogP contribution is 2.26. The van der Waals surface area contributed by atoms with E-state index < -0.39 is 59.8 Å². The number of rotatable bonds is 38. The van der Waals surface area contributed by atoms with E-state index in [1.807, 2.05) is 0 Å². The number of unbranched alkanes of at least 4 members (excludes halogenated alkanes) is 23. The van der Waals surface area contributed by atoms with Gasteiger partial charge in [0.2, 0.25) is 0 Å². The molecule has 326 valence electrons. The maximum atomic E-state index is 12.8. The Hall–Kier alpha value is -1.16. The Kier molecular flexibility index (Phi) is 32.9. The van der Waals surface area contributed by atoms with Crippen molar-refractivity contribution in [3.8, 4) is 0 Å². The molecule has 0 aromatic heterocycles. The third kappa shape index (κ3) is 28.8. The molecule has 0 bridgehead atoms. The zero-order valence-corrected chi connectivity index (χ0v) is 35.3. The van der Waals surface area contributed by atoms with Crippen molar-refractivity contribution in [3.63, 3.8) is 0 Å². The zero-order valence-electron chi connectivity index (χ0n) is 34.5. The van der Waals surface area contributed by atoms with Crippen LogP contribution in [-0.2, 0) is 38.3 Å². The van der Waals surface area contributed by atoms with Gasteiger partial charge in [-0.3, -0.25) is 9.35 Å². The molecule has 1 aliphatic heterocycles. The summed E-state index contributed by atoms with van der Waals surface area (Å²) in [5.74, 6) is -0.401. The number of carbonyl (C=O) groups is 1. The van der Waals surface area contributed by atoms with Crippen LogP contribution < -0.4 is 0 Å². The second-order valence-electron chi connectivity index (χ2n) is 15.3. The van der Waals surface area contributed by atoms with Gasteiger partial charge in [-0.1, -0.05) is 154 Å². The van der Waals surface area contributed by atoms with Crippen molar-refractivity contribution >= 4 is 16.4 Å². The molecule has 13 heteroatoms. The smallest absolute Gasteiger partial charge is 0.397 e. The molecule has 4 N–H and O–H groups in total. The number of carbonyl (C=O) groups excluding carboxylic acids is 1. The molecular weight excluding hydrogens is 729 g/mol. The summed E-state index contributed by atoms with van der Waals surface area (Å²) in [7, 11) is -5.05. The van der Waals surface area contributed by atoms with Gasteiger partial charge in [0.25, 0.3) is 0 Å². The molecule has 1 saturated heterocycles. The van der Waals surface area contributed by atoms with Gasteiger partial charge in [0.1, 0.15) is 30.5 Å². The van der Waals surface area contributed by atoms with Crippen LogP contribution >= 0.6 is 0 Å². The summed E-state index contributed by atoms with van der Waals surface area (Å²) in [4.78, 5) is 12.8. The monoisotopic (exact) mass is 809 g/mol. The fraction of sp³-hybridized carbons (Fsp3) is 0.929. The molecule has 0 spiro atoms. The van der Waals surface area contributed by atoms with E-state index in [0.717, 1.165) is 38.5 Å². The Bertz CT molecular complexity index is 1030. The van der Waals surface area contributed by atoms with Crippen molar-refractivity contribution in [1.29, 1.82) is 0 Å². The number of aliphatic hydroxyl groups is 3. The summed E-state index contributed by atoms with van der Waals surface area (Å²) in [5.41, 5.74) is 0. The number of esters is 1. The largest absolute Gasteiger partial charge is 0.457 e. The van der Waals surface area contributed by atoms with Gasteiger partial charge in [-0.2, -0.15) is 8.42 Å². The molecule has 1 rings (SSSR count). The van der Waals surface area contributed by atoms with Crippen molar-refractivity contribution < 1.29 is 56.2 Å². The standard InChI is InChI=1S/C42H80O12S/c1-3-5-7-9-11-13-15-16-17-18-19-20-21-22-24-26-28-30-32-50-34-36(52-38(44)31-29-27-25-23-14-12-10-8-6-4-2)35-51-42-40(46)41(54-55(47,48)49)39(45)37(33-43)53-42/h16-17,36-37,39-43,45-46H,3-15,18-35H2,1-2H3,(H,47,48,49)/b17-16-. The van der Waals surface area contributed by atoms with Gasteiger partial charge >= 0.3 is 16.4 Å². The average molecular weight is 809 g/mol. The lowest BCUT2D eigenvalue weighted by atomic mass is 9.99. The van der Waals surface area contributed by atoms with Crippen LogP contribution in [0.4, 0.5) is 0 Å². The maximum Gasteiger partial charge on any atom is 0.397 e.